The molecule has 0 saturated carbocycles. The molecule has 1 saturated heterocycles. The van der Waals surface area contributed by atoms with Crippen LogP contribution in [0, 0.1) is 0 Å². The highest BCUT2D eigenvalue weighted by molar-refractivity contribution is 7.89. The molecule has 1 aromatic carbocycles. The Labute approximate surface area is 144 Å². The van der Waals surface area contributed by atoms with E-state index in [0.717, 1.165) is 12.8 Å². The van der Waals surface area contributed by atoms with Crippen LogP contribution < -0.4 is 5.32 Å². The van der Waals surface area contributed by atoms with E-state index in [1.165, 1.54) is 0 Å². The molecule has 1 atom stereocenters. The predicted octanol–water partition coefficient (Wildman–Crippen LogP) is 1.54. The van der Waals surface area contributed by atoms with E-state index >= 15 is 0 Å². The largest absolute Gasteiger partial charge is 0.339 e. The van der Waals surface area contributed by atoms with Gasteiger partial charge in [-0.1, -0.05) is 0 Å². The summed E-state index contributed by atoms with van der Waals surface area (Å²) in [6.07, 6.45) is 1.75. The third-order valence-electron chi connectivity index (χ3n) is 4.52. The van der Waals surface area contributed by atoms with Gasteiger partial charge in [0.2, 0.25) is 10.0 Å². The second-order valence-electron chi connectivity index (χ2n) is 5.97. The summed E-state index contributed by atoms with van der Waals surface area (Å²) in [5, 5.41) is 3.06. The number of rotatable bonds is 7. The molecule has 7 heteroatoms. The van der Waals surface area contributed by atoms with Crippen molar-refractivity contribution in [3.8, 4) is 0 Å². The fourth-order valence-corrected chi connectivity index (χ4v) is 4.86. The molecular weight excluding hydrogens is 326 g/mol. The zero-order valence-corrected chi connectivity index (χ0v) is 15.5. The number of carbonyl (C=O) groups is 1. The fourth-order valence-electron chi connectivity index (χ4n) is 3.16. The Morgan fingerprint density at radius 3 is 2.42 bits per heavy atom. The van der Waals surface area contributed by atoms with Crippen LogP contribution in [0.4, 0.5) is 0 Å². The van der Waals surface area contributed by atoms with Gasteiger partial charge < -0.3 is 10.2 Å². The van der Waals surface area contributed by atoms with Gasteiger partial charge in [0.15, 0.2) is 0 Å². The first kappa shape index (κ1) is 18.9. The maximum atomic E-state index is 12.8. The molecule has 1 heterocycles. The number of hydrogen-bond donors (Lipinski definition) is 1. The van der Waals surface area contributed by atoms with Gasteiger partial charge in [-0.05, 0) is 58.0 Å². The molecule has 24 heavy (non-hydrogen) atoms. The number of sulfonamides is 1. The van der Waals surface area contributed by atoms with Gasteiger partial charge in [-0.25, -0.2) is 8.42 Å². The first-order chi connectivity index (χ1) is 11.5. The van der Waals surface area contributed by atoms with Crippen LogP contribution in [0.2, 0.25) is 0 Å². The summed E-state index contributed by atoms with van der Waals surface area (Å²) in [5.74, 6) is -0.0711. The van der Waals surface area contributed by atoms with E-state index in [2.05, 4.69) is 5.32 Å². The van der Waals surface area contributed by atoms with Crippen LogP contribution in [0.15, 0.2) is 29.2 Å². The first-order valence-corrected chi connectivity index (χ1v) is 9.95. The molecule has 1 fully saturated rings. The Morgan fingerprint density at radius 2 is 1.88 bits per heavy atom. The second kappa shape index (κ2) is 8.09. The van der Waals surface area contributed by atoms with Gasteiger partial charge in [-0.3, -0.25) is 4.79 Å². The van der Waals surface area contributed by atoms with E-state index in [0.29, 0.717) is 31.7 Å². The molecule has 1 aliphatic heterocycles. The van der Waals surface area contributed by atoms with Crippen LogP contribution >= 0.6 is 0 Å². The average Bonchev–Trinajstić information content (AvgIpc) is 3.05. The van der Waals surface area contributed by atoms with Gasteiger partial charge in [0.1, 0.15) is 0 Å². The molecule has 6 nitrogen and oxygen atoms in total. The summed E-state index contributed by atoms with van der Waals surface area (Å²) in [7, 11) is -1.69. The van der Waals surface area contributed by atoms with Crippen molar-refractivity contribution < 1.29 is 13.2 Å². The van der Waals surface area contributed by atoms with Crippen LogP contribution in [0.1, 0.15) is 37.0 Å². The minimum atomic E-state index is -3.52. The maximum Gasteiger partial charge on any atom is 0.253 e. The molecule has 1 aliphatic rings. The molecular formula is C17H27N3O3S. The third-order valence-corrected chi connectivity index (χ3v) is 6.49. The molecule has 2 rings (SSSR count). The molecule has 0 aromatic heterocycles. The lowest BCUT2D eigenvalue weighted by Gasteiger charge is -2.24. The van der Waals surface area contributed by atoms with Crippen molar-refractivity contribution in [1.29, 1.82) is 0 Å². The van der Waals surface area contributed by atoms with E-state index < -0.39 is 10.0 Å². The number of benzene rings is 1. The van der Waals surface area contributed by atoms with E-state index in [1.807, 2.05) is 20.9 Å². The zero-order chi connectivity index (χ0) is 17.7. The first-order valence-electron chi connectivity index (χ1n) is 8.51. The predicted molar refractivity (Wildman–Crippen MR) is 94.5 cm³/mol. The van der Waals surface area contributed by atoms with E-state index in [1.54, 1.807) is 33.5 Å². The lowest BCUT2D eigenvalue weighted by atomic mass is 10.2. The van der Waals surface area contributed by atoms with E-state index in [-0.39, 0.29) is 16.8 Å². The Hall–Kier alpha value is -1.44. The smallest absolute Gasteiger partial charge is 0.253 e. The summed E-state index contributed by atoms with van der Waals surface area (Å²) in [4.78, 5) is 14.3. The van der Waals surface area contributed by atoms with E-state index in [4.69, 9.17) is 0 Å². The van der Waals surface area contributed by atoms with Crippen LogP contribution in [-0.4, -0.2) is 62.8 Å². The molecule has 1 amide bonds. The molecule has 1 N–H and O–H groups in total. The number of carbonyl (C=O) groups excluding carboxylic acids is 1. The minimum absolute atomic E-state index is 0.00279. The normalized spacial score (nSPS) is 18.7. The van der Waals surface area contributed by atoms with Crippen LogP contribution in [0.5, 0.6) is 0 Å². The van der Waals surface area contributed by atoms with Crippen molar-refractivity contribution in [2.75, 3.05) is 33.2 Å². The number of likely N-dealkylation sites (N-methyl/N-ethyl adjacent to an activating group) is 1. The highest BCUT2D eigenvalue weighted by Gasteiger charge is 2.34. The van der Waals surface area contributed by atoms with Gasteiger partial charge in [0, 0.05) is 37.8 Å². The zero-order valence-electron chi connectivity index (χ0n) is 14.7. The molecule has 134 valence electrons. The summed E-state index contributed by atoms with van der Waals surface area (Å²) < 4.78 is 27.3. The molecule has 0 aliphatic carbocycles. The number of nitrogens with zero attached hydrogens (tertiary/aromatic N) is 2. The Morgan fingerprint density at radius 1 is 1.25 bits per heavy atom. The number of hydrogen-bond acceptors (Lipinski definition) is 4. The molecule has 0 spiro atoms. The SMILES string of the molecule is CCN(CC)C(=O)c1ccc(S(=O)(=O)N2CCCC2CNC)cc1. The summed E-state index contributed by atoms with van der Waals surface area (Å²) >= 11 is 0. The van der Waals surface area contributed by atoms with Crippen molar-refractivity contribution in [2.45, 2.75) is 37.6 Å². The highest BCUT2D eigenvalue weighted by Crippen LogP contribution is 2.26. The van der Waals surface area contributed by atoms with Gasteiger partial charge in [0.05, 0.1) is 4.90 Å². The summed E-state index contributed by atoms with van der Waals surface area (Å²) in [6, 6.07) is 6.30. The van der Waals surface area contributed by atoms with E-state index in [9.17, 15) is 13.2 Å². The van der Waals surface area contributed by atoms with Gasteiger partial charge in [-0.15, -0.1) is 0 Å². The van der Waals surface area contributed by atoms with Crippen LogP contribution in [0.25, 0.3) is 0 Å². The average molecular weight is 353 g/mol. The highest BCUT2D eigenvalue weighted by atomic mass is 32.2. The standard InChI is InChI=1S/C17H27N3O3S/c1-4-19(5-2)17(21)14-8-10-16(11-9-14)24(22,23)20-12-6-7-15(20)13-18-3/h8-11,15,18H,4-7,12-13H2,1-3H3. The van der Waals surface area contributed by atoms with Crippen molar-refractivity contribution in [2.24, 2.45) is 0 Å². The number of nitrogens with one attached hydrogen (secondary N) is 1. The lowest BCUT2D eigenvalue weighted by molar-refractivity contribution is 0.0773. The molecule has 0 bridgehead atoms. The van der Waals surface area contributed by atoms with Crippen molar-refractivity contribution in [3.63, 3.8) is 0 Å². The second-order valence-corrected chi connectivity index (χ2v) is 7.86. The lowest BCUT2D eigenvalue weighted by Crippen LogP contribution is -2.40. The summed E-state index contributed by atoms with van der Waals surface area (Å²) in [5.41, 5.74) is 0.519. The van der Waals surface area contributed by atoms with Gasteiger partial charge >= 0.3 is 0 Å². The van der Waals surface area contributed by atoms with Gasteiger partial charge in [-0.2, -0.15) is 4.31 Å². The van der Waals surface area contributed by atoms with Crippen LogP contribution in [-0.2, 0) is 10.0 Å². The fraction of sp³-hybridized carbons (Fsp3) is 0.588. The molecule has 1 unspecified atom stereocenters. The summed E-state index contributed by atoms with van der Waals surface area (Å²) in [6.45, 7) is 6.32. The van der Waals surface area contributed by atoms with Crippen molar-refractivity contribution in [3.05, 3.63) is 29.8 Å². The maximum absolute atomic E-state index is 12.8. The molecule has 0 radical (unpaired) electrons. The van der Waals surface area contributed by atoms with Gasteiger partial charge in [0.25, 0.3) is 5.91 Å². The van der Waals surface area contributed by atoms with Crippen molar-refractivity contribution in [1.82, 2.24) is 14.5 Å². The quantitative estimate of drug-likeness (QED) is 0.807. The van der Waals surface area contributed by atoms with Crippen LogP contribution in [0.3, 0.4) is 0 Å². The molecule has 1 aromatic rings. The Balaban J connectivity index is 2.22. The monoisotopic (exact) mass is 353 g/mol. The minimum Gasteiger partial charge on any atom is -0.339 e. The third kappa shape index (κ3) is 3.79. The topological polar surface area (TPSA) is 69.7 Å². The Kier molecular flexibility index (Phi) is 6.37. The number of amides is 1. The Bertz CT molecular complexity index is 654. The van der Waals surface area contributed by atoms with Crippen molar-refractivity contribution >= 4 is 15.9 Å².